The molecule has 1 aromatic carbocycles. The predicted octanol–water partition coefficient (Wildman–Crippen LogP) is 3.09. The van der Waals surface area contributed by atoms with Gasteiger partial charge in [-0.25, -0.2) is 0 Å². The largest absolute Gasteiger partial charge is 0.470 e. The molecule has 0 aliphatic rings. The zero-order valence-corrected chi connectivity index (χ0v) is 15.2. The zero-order valence-electron chi connectivity index (χ0n) is 14.4. The first-order chi connectivity index (χ1) is 11.9. The van der Waals surface area contributed by atoms with Crippen LogP contribution in [0.1, 0.15) is 25.8 Å². The summed E-state index contributed by atoms with van der Waals surface area (Å²) in [5, 5.41) is 12.5. The SMILES string of the molecule is C#Cc1cnc2ccc(OC(SC)C(=O)NC(C)(C)CC#N)cc2c1. The van der Waals surface area contributed by atoms with Crippen molar-refractivity contribution in [2.75, 3.05) is 6.26 Å². The molecule has 1 N–H and O–H groups in total. The highest BCUT2D eigenvalue weighted by atomic mass is 32.2. The summed E-state index contributed by atoms with van der Waals surface area (Å²) in [6.07, 6.45) is 9.05. The molecule has 5 nitrogen and oxygen atoms in total. The standard InChI is InChI=1S/C19H19N3O2S/c1-5-13-10-14-11-15(6-7-16(14)21-12-13)24-18(25-4)17(23)22-19(2,3)8-9-20/h1,6-7,10-12,18H,8H2,2-4H3,(H,22,23). The molecule has 1 atom stereocenters. The number of amides is 1. The van der Waals surface area contributed by atoms with Crippen LogP contribution in [0.5, 0.6) is 5.75 Å². The van der Waals surface area contributed by atoms with Crippen LogP contribution in [0.3, 0.4) is 0 Å². The van der Waals surface area contributed by atoms with Crippen molar-refractivity contribution in [1.29, 1.82) is 5.26 Å². The Bertz CT molecular complexity index is 865. The molecule has 2 aromatic rings. The minimum absolute atomic E-state index is 0.219. The summed E-state index contributed by atoms with van der Waals surface area (Å²) in [5.74, 6) is 2.83. The van der Waals surface area contributed by atoms with E-state index in [0.29, 0.717) is 11.3 Å². The molecule has 6 heteroatoms. The van der Waals surface area contributed by atoms with Gasteiger partial charge in [-0.1, -0.05) is 5.92 Å². The number of aromatic nitrogens is 1. The average molecular weight is 353 g/mol. The first-order valence-electron chi connectivity index (χ1n) is 7.63. The molecule has 0 saturated heterocycles. The summed E-state index contributed by atoms with van der Waals surface area (Å²) in [5.41, 5.74) is 0.144. The predicted molar refractivity (Wildman–Crippen MR) is 100 cm³/mol. The fourth-order valence-electron chi connectivity index (χ4n) is 2.23. The number of hydrogen-bond donors (Lipinski definition) is 1. The first-order valence-corrected chi connectivity index (χ1v) is 8.92. The highest BCUT2D eigenvalue weighted by molar-refractivity contribution is 7.99. The van der Waals surface area contributed by atoms with E-state index in [2.05, 4.69) is 22.3 Å². The lowest BCUT2D eigenvalue weighted by atomic mass is 10.0. The Hall–Kier alpha value is -2.70. The molecule has 1 heterocycles. The van der Waals surface area contributed by atoms with Gasteiger partial charge in [0.2, 0.25) is 5.44 Å². The number of nitriles is 1. The summed E-state index contributed by atoms with van der Waals surface area (Å²) >= 11 is 1.28. The van der Waals surface area contributed by atoms with Crippen LogP contribution in [0.25, 0.3) is 10.9 Å². The second-order valence-electron chi connectivity index (χ2n) is 6.12. The van der Waals surface area contributed by atoms with Crippen LogP contribution in [0.2, 0.25) is 0 Å². The Morgan fingerprint density at radius 3 is 2.88 bits per heavy atom. The number of thioether (sulfide) groups is 1. The van der Waals surface area contributed by atoms with Gasteiger partial charge < -0.3 is 10.1 Å². The molecule has 0 spiro atoms. The van der Waals surface area contributed by atoms with Crippen LogP contribution in [0.4, 0.5) is 0 Å². The number of pyridine rings is 1. The number of benzene rings is 1. The number of carbonyl (C=O) groups is 1. The maximum absolute atomic E-state index is 12.4. The van der Waals surface area contributed by atoms with Crippen molar-refractivity contribution < 1.29 is 9.53 Å². The maximum Gasteiger partial charge on any atom is 0.272 e. The van der Waals surface area contributed by atoms with Gasteiger partial charge in [0, 0.05) is 22.7 Å². The van der Waals surface area contributed by atoms with Gasteiger partial charge in [-0.3, -0.25) is 9.78 Å². The first kappa shape index (κ1) is 18.6. The van der Waals surface area contributed by atoms with Crippen LogP contribution in [0.15, 0.2) is 30.5 Å². The van der Waals surface area contributed by atoms with Gasteiger partial charge in [0.25, 0.3) is 5.91 Å². The molecule has 1 unspecified atom stereocenters. The van der Waals surface area contributed by atoms with Crippen LogP contribution in [-0.4, -0.2) is 28.1 Å². The van der Waals surface area contributed by atoms with Crippen LogP contribution < -0.4 is 10.1 Å². The van der Waals surface area contributed by atoms with E-state index in [1.54, 1.807) is 38.4 Å². The number of ether oxygens (including phenoxy) is 1. The normalized spacial score (nSPS) is 12.0. The van der Waals surface area contributed by atoms with Crippen molar-refractivity contribution in [2.45, 2.75) is 31.2 Å². The van der Waals surface area contributed by atoms with E-state index in [0.717, 1.165) is 10.9 Å². The van der Waals surface area contributed by atoms with E-state index < -0.39 is 11.0 Å². The fraction of sp³-hybridized carbons (Fsp3) is 0.316. The molecule has 1 amide bonds. The summed E-state index contributed by atoms with van der Waals surface area (Å²) in [6.45, 7) is 3.60. The molecular formula is C19H19N3O2S. The second kappa shape index (κ2) is 7.92. The van der Waals surface area contributed by atoms with Crippen molar-refractivity contribution in [3.8, 4) is 24.2 Å². The van der Waals surface area contributed by atoms with E-state index in [-0.39, 0.29) is 12.3 Å². The molecule has 0 saturated carbocycles. The summed E-state index contributed by atoms with van der Waals surface area (Å²) in [4.78, 5) is 16.7. The second-order valence-corrected chi connectivity index (χ2v) is 7.02. The quantitative estimate of drug-likeness (QED) is 0.638. The third kappa shape index (κ3) is 4.89. The Morgan fingerprint density at radius 1 is 1.48 bits per heavy atom. The van der Waals surface area contributed by atoms with Gasteiger partial charge >= 0.3 is 0 Å². The third-order valence-electron chi connectivity index (χ3n) is 3.47. The van der Waals surface area contributed by atoms with E-state index >= 15 is 0 Å². The fourth-order valence-corrected chi connectivity index (χ4v) is 2.71. The van der Waals surface area contributed by atoms with E-state index in [1.165, 1.54) is 11.8 Å². The zero-order chi connectivity index (χ0) is 18.4. The average Bonchev–Trinajstić information content (AvgIpc) is 2.58. The Morgan fingerprint density at radius 2 is 2.24 bits per heavy atom. The van der Waals surface area contributed by atoms with E-state index in [1.807, 2.05) is 12.1 Å². The molecule has 128 valence electrons. The molecule has 2 rings (SSSR count). The van der Waals surface area contributed by atoms with Crippen LogP contribution >= 0.6 is 11.8 Å². The Kier molecular flexibility index (Phi) is 5.90. The molecule has 0 radical (unpaired) electrons. The van der Waals surface area contributed by atoms with Crippen LogP contribution in [0, 0.1) is 23.7 Å². The smallest absolute Gasteiger partial charge is 0.272 e. The topological polar surface area (TPSA) is 75.0 Å². The molecule has 1 aromatic heterocycles. The minimum atomic E-state index is -0.723. The molecule has 0 fully saturated rings. The number of hydrogen-bond acceptors (Lipinski definition) is 5. The summed E-state index contributed by atoms with van der Waals surface area (Å²) in [6, 6.07) is 9.30. The molecular weight excluding hydrogens is 334 g/mol. The molecule has 0 aliphatic carbocycles. The number of fused-ring (bicyclic) bond motifs is 1. The third-order valence-corrected chi connectivity index (χ3v) is 4.21. The van der Waals surface area contributed by atoms with Crippen molar-refractivity contribution in [3.05, 3.63) is 36.0 Å². The van der Waals surface area contributed by atoms with Gasteiger partial charge in [0.15, 0.2) is 0 Å². The lowest BCUT2D eigenvalue weighted by Crippen LogP contribution is -2.48. The summed E-state index contributed by atoms with van der Waals surface area (Å²) in [7, 11) is 0. The minimum Gasteiger partial charge on any atom is -0.470 e. The van der Waals surface area contributed by atoms with Crippen molar-refractivity contribution in [2.24, 2.45) is 0 Å². The number of terminal acetylenes is 1. The number of nitrogens with zero attached hydrogens (tertiary/aromatic N) is 2. The maximum atomic E-state index is 12.4. The van der Waals surface area contributed by atoms with Gasteiger partial charge in [-0.2, -0.15) is 5.26 Å². The molecule has 25 heavy (non-hydrogen) atoms. The molecule has 0 aliphatic heterocycles. The van der Waals surface area contributed by atoms with E-state index in [4.69, 9.17) is 16.4 Å². The van der Waals surface area contributed by atoms with Gasteiger partial charge in [-0.15, -0.1) is 18.2 Å². The van der Waals surface area contributed by atoms with Gasteiger partial charge in [-0.05, 0) is 44.4 Å². The number of rotatable bonds is 6. The lowest BCUT2D eigenvalue weighted by molar-refractivity contribution is -0.126. The van der Waals surface area contributed by atoms with Crippen LogP contribution in [-0.2, 0) is 4.79 Å². The van der Waals surface area contributed by atoms with Gasteiger partial charge in [0.1, 0.15) is 5.75 Å². The van der Waals surface area contributed by atoms with Crippen molar-refractivity contribution in [1.82, 2.24) is 10.3 Å². The highest BCUT2D eigenvalue weighted by Gasteiger charge is 2.26. The number of carbonyl (C=O) groups excluding carboxylic acids is 1. The lowest BCUT2D eigenvalue weighted by Gasteiger charge is -2.26. The number of nitrogens with one attached hydrogen (secondary N) is 1. The summed E-state index contributed by atoms with van der Waals surface area (Å²) < 4.78 is 5.82. The Labute approximate surface area is 151 Å². The highest BCUT2D eigenvalue weighted by Crippen LogP contribution is 2.23. The van der Waals surface area contributed by atoms with Gasteiger partial charge in [0.05, 0.1) is 18.0 Å². The van der Waals surface area contributed by atoms with E-state index in [9.17, 15) is 4.79 Å². The molecule has 0 bridgehead atoms. The monoisotopic (exact) mass is 353 g/mol. The van der Waals surface area contributed by atoms with Crippen molar-refractivity contribution >= 4 is 28.6 Å². The van der Waals surface area contributed by atoms with Crippen molar-refractivity contribution in [3.63, 3.8) is 0 Å². The Balaban J connectivity index is 2.18.